The molecule has 174 valence electrons. The second kappa shape index (κ2) is 9.10. The molecule has 0 saturated carbocycles. The minimum absolute atomic E-state index is 0.102. The summed E-state index contributed by atoms with van der Waals surface area (Å²) in [6.45, 7) is 1.48. The first-order valence-corrected chi connectivity index (χ1v) is 10.4. The van der Waals surface area contributed by atoms with E-state index in [0.717, 1.165) is 10.1 Å². The number of rotatable bonds is 6. The summed E-state index contributed by atoms with van der Waals surface area (Å²) in [4.78, 5) is 53.1. The molecule has 4 aromatic rings. The molecule has 0 aliphatic heterocycles. The number of anilines is 2. The van der Waals surface area contributed by atoms with Crippen molar-refractivity contribution >= 4 is 34.2 Å². The zero-order chi connectivity index (χ0) is 24.4. The SMILES string of the molecule is COc1ccc(NC(C)=O)cc1NC(=O)c1cn(C)c2c(=O)n(Cc3ccccc3)c(=O)[nH]c12. The van der Waals surface area contributed by atoms with Crippen LogP contribution in [0.2, 0.25) is 0 Å². The number of benzene rings is 2. The van der Waals surface area contributed by atoms with Crippen LogP contribution in [-0.4, -0.2) is 33.0 Å². The maximum atomic E-state index is 13.1. The van der Waals surface area contributed by atoms with E-state index in [1.165, 1.54) is 24.8 Å². The minimum Gasteiger partial charge on any atom is -0.495 e. The molecule has 0 radical (unpaired) electrons. The normalized spacial score (nSPS) is 10.8. The van der Waals surface area contributed by atoms with Crippen LogP contribution < -0.4 is 26.6 Å². The molecule has 0 saturated heterocycles. The van der Waals surface area contributed by atoms with E-state index in [1.807, 2.05) is 30.3 Å². The average molecular weight is 461 g/mol. The maximum Gasteiger partial charge on any atom is 0.329 e. The number of carbonyl (C=O) groups excluding carboxylic acids is 2. The van der Waals surface area contributed by atoms with Gasteiger partial charge in [-0.2, -0.15) is 0 Å². The number of ether oxygens (including phenoxy) is 1. The molecule has 0 aliphatic rings. The number of amides is 2. The second-order valence-electron chi connectivity index (χ2n) is 7.73. The predicted molar refractivity (Wildman–Crippen MR) is 129 cm³/mol. The van der Waals surface area contributed by atoms with Crippen LogP contribution in [-0.2, 0) is 18.4 Å². The van der Waals surface area contributed by atoms with Crippen molar-refractivity contribution in [3.8, 4) is 5.75 Å². The Morgan fingerprint density at radius 3 is 2.47 bits per heavy atom. The van der Waals surface area contributed by atoms with E-state index in [-0.39, 0.29) is 29.0 Å². The Bertz CT molecular complexity index is 1510. The van der Waals surface area contributed by atoms with Gasteiger partial charge in [-0.3, -0.25) is 19.0 Å². The molecule has 0 fully saturated rings. The zero-order valence-electron chi connectivity index (χ0n) is 18.8. The van der Waals surface area contributed by atoms with Crippen molar-refractivity contribution < 1.29 is 14.3 Å². The van der Waals surface area contributed by atoms with Gasteiger partial charge in [-0.1, -0.05) is 30.3 Å². The summed E-state index contributed by atoms with van der Waals surface area (Å²) in [6.07, 6.45) is 1.48. The van der Waals surface area contributed by atoms with E-state index in [9.17, 15) is 19.2 Å². The van der Waals surface area contributed by atoms with Crippen LogP contribution in [0.3, 0.4) is 0 Å². The number of fused-ring (bicyclic) bond motifs is 1. The number of carbonyl (C=O) groups is 2. The van der Waals surface area contributed by atoms with Gasteiger partial charge in [0.1, 0.15) is 11.3 Å². The molecular weight excluding hydrogens is 438 g/mol. The van der Waals surface area contributed by atoms with Gasteiger partial charge in [0.05, 0.1) is 30.4 Å². The number of aryl methyl sites for hydroxylation is 1. The van der Waals surface area contributed by atoms with Crippen LogP contribution in [0.4, 0.5) is 11.4 Å². The van der Waals surface area contributed by atoms with Crippen molar-refractivity contribution in [3.63, 3.8) is 0 Å². The Morgan fingerprint density at radius 2 is 1.79 bits per heavy atom. The Kier molecular flexibility index (Phi) is 6.05. The van der Waals surface area contributed by atoms with E-state index in [4.69, 9.17) is 4.74 Å². The molecule has 0 atom stereocenters. The van der Waals surface area contributed by atoms with Gasteiger partial charge in [0.25, 0.3) is 11.5 Å². The lowest BCUT2D eigenvalue weighted by Crippen LogP contribution is -2.36. The maximum absolute atomic E-state index is 13.1. The first-order chi connectivity index (χ1) is 16.3. The quantitative estimate of drug-likeness (QED) is 0.406. The molecule has 10 heteroatoms. The summed E-state index contributed by atoms with van der Waals surface area (Å²) in [6, 6.07) is 13.9. The van der Waals surface area contributed by atoms with Gasteiger partial charge < -0.3 is 24.9 Å². The van der Waals surface area contributed by atoms with E-state index in [0.29, 0.717) is 17.1 Å². The number of methoxy groups -OCH3 is 1. The fraction of sp³-hybridized carbons (Fsp3) is 0.167. The molecule has 0 unspecified atom stereocenters. The fourth-order valence-electron chi connectivity index (χ4n) is 3.76. The van der Waals surface area contributed by atoms with Crippen LogP contribution in [0.1, 0.15) is 22.8 Å². The van der Waals surface area contributed by atoms with Crippen molar-refractivity contribution in [2.75, 3.05) is 17.7 Å². The molecule has 10 nitrogen and oxygen atoms in total. The zero-order valence-corrected chi connectivity index (χ0v) is 18.8. The Labute approximate surface area is 193 Å². The Hall–Kier alpha value is -4.60. The van der Waals surface area contributed by atoms with Crippen LogP contribution >= 0.6 is 0 Å². The Morgan fingerprint density at radius 1 is 1.06 bits per heavy atom. The summed E-state index contributed by atoms with van der Waals surface area (Å²) >= 11 is 0. The van der Waals surface area contributed by atoms with E-state index < -0.39 is 17.2 Å². The van der Waals surface area contributed by atoms with Gasteiger partial charge in [-0.05, 0) is 23.8 Å². The smallest absolute Gasteiger partial charge is 0.329 e. The number of aromatic nitrogens is 3. The molecule has 34 heavy (non-hydrogen) atoms. The lowest BCUT2D eigenvalue weighted by Gasteiger charge is -2.12. The average Bonchev–Trinajstić information content (AvgIpc) is 3.13. The highest BCUT2D eigenvalue weighted by Gasteiger charge is 2.21. The summed E-state index contributed by atoms with van der Waals surface area (Å²) in [5.74, 6) is -0.443. The van der Waals surface area contributed by atoms with Crippen molar-refractivity contribution in [1.29, 1.82) is 0 Å². The van der Waals surface area contributed by atoms with Crippen molar-refractivity contribution in [1.82, 2.24) is 14.1 Å². The third-order valence-electron chi connectivity index (χ3n) is 5.30. The number of hydrogen-bond donors (Lipinski definition) is 3. The number of aromatic amines is 1. The largest absolute Gasteiger partial charge is 0.495 e. The van der Waals surface area contributed by atoms with Crippen LogP contribution in [0, 0.1) is 0 Å². The van der Waals surface area contributed by atoms with Gasteiger partial charge >= 0.3 is 5.69 Å². The molecule has 0 aliphatic carbocycles. The molecule has 2 aromatic heterocycles. The monoisotopic (exact) mass is 461 g/mol. The van der Waals surface area contributed by atoms with E-state index >= 15 is 0 Å². The van der Waals surface area contributed by atoms with Gasteiger partial charge in [-0.25, -0.2) is 4.79 Å². The number of nitrogens with one attached hydrogen (secondary N) is 3. The Balaban J connectivity index is 1.73. The molecule has 0 bridgehead atoms. The number of hydrogen-bond acceptors (Lipinski definition) is 5. The predicted octanol–water partition coefficient (Wildman–Crippen LogP) is 2.30. The van der Waals surface area contributed by atoms with Crippen LogP contribution in [0.5, 0.6) is 5.75 Å². The molecule has 4 rings (SSSR count). The summed E-state index contributed by atoms with van der Waals surface area (Å²) in [5.41, 5.74) is 0.907. The number of nitrogens with zero attached hydrogens (tertiary/aromatic N) is 2. The highest BCUT2D eigenvalue weighted by atomic mass is 16.5. The van der Waals surface area contributed by atoms with E-state index in [2.05, 4.69) is 15.6 Å². The summed E-state index contributed by atoms with van der Waals surface area (Å²) in [5, 5.41) is 5.37. The van der Waals surface area contributed by atoms with E-state index in [1.54, 1.807) is 25.2 Å². The first-order valence-electron chi connectivity index (χ1n) is 10.4. The molecule has 0 spiro atoms. The third kappa shape index (κ3) is 4.33. The van der Waals surface area contributed by atoms with Gasteiger partial charge in [0.2, 0.25) is 5.91 Å². The lowest BCUT2D eigenvalue weighted by atomic mass is 10.2. The standard InChI is InChI=1S/C24H23N5O5/c1-14(30)25-16-9-10-19(34-3)18(11-16)26-22(31)17-13-28(2)21-20(17)27-24(33)29(23(21)32)12-15-7-5-4-6-8-15/h4-11,13H,12H2,1-3H3,(H,25,30)(H,26,31)(H,27,33). The molecule has 2 aromatic carbocycles. The topological polar surface area (TPSA) is 127 Å². The molecule has 2 heterocycles. The summed E-state index contributed by atoms with van der Waals surface area (Å²) in [7, 11) is 3.08. The van der Waals surface area contributed by atoms with Gasteiger partial charge in [0.15, 0.2) is 0 Å². The number of H-pyrrole nitrogens is 1. The van der Waals surface area contributed by atoms with Crippen molar-refractivity contribution in [3.05, 3.63) is 86.7 Å². The lowest BCUT2D eigenvalue weighted by molar-refractivity contribution is -0.114. The fourth-order valence-corrected chi connectivity index (χ4v) is 3.76. The third-order valence-corrected chi connectivity index (χ3v) is 5.30. The second-order valence-corrected chi connectivity index (χ2v) is 7.73. The highest BCUT2D eigenvalue weighted by Crippen LogP contribution is 2.29. The van der Waals surface area contributed by atoms with Crippen molar-refractivity contribution in [2.24, 2.45) is 7.05 Å². The van der Waals surface area contributed by atoms with Crippen LogP contribution in [0.15, 0.2) is 64.3 Å². The first kappa shape index (κ1) is 22.6. The summed E-state index contributed by atoms with van der Waals surface area (Å²) < 4.78 is 7.91. The van der Waals surface area contributed by atoms with Crippen LogP contribution in [0.25, 0.3) is 11.0 Å². The van der Waals surface area contributed by atoms with Gasteiger partial charge in [-0.15, -0.1) is 0 Å². The highest BCUT2D eigenvalue weighted by molar-refractivity contribution is 6.12. The van der Waals surface area contributed by atoms with Crippen molar-refractivity contribution in [2.45, 2.75) is 13.5 Å². The molecule has 2 amide bonds. The minimum atomic E-state index is -0.619. The molecular formula is C24H23N5O5. The van der Waals surface area contributed by atoms with Gasteiger partial charge in [0, 0.05) is 25.9 Å². The molecule has 3 N–H and O–H groups in total.